The van der Waals surface area contributed by atoms with E-state index in [0.29, 0.717) is 21.5 Å². The summed E-state index contributed by atoms with van der Waals surface area (Å²) in [6.45, 7) is 3.84. The van der Waals surface area contributed by atoms with Gasteiger partial charge in [0.1, 0.15) is 5.75 Å². The molecule has 150 valence electrons. The molecule has 2 aromatic carbocycles. The van der Waals surface area contributed by atoms with Gasteiger partial charge in [-0.05, 0) is 66.4 Å². The van der Waals surface area contributed by atoms with Crippen LogP contribution in [0, 0.1) is 10.1 Å². The summed E-state index contributed by atoms with van der Waals surface area (Å²) in [5.74, 6) is 0.197. The second-order valence-corrected chi connectivity index (χ2v) is 7.28. The van der Waals surface area contributed by atoms with Gasteiger partial charge in [0.25, 0.3) is 11.6 Å². The molecular weight excluding hydrogens is 396 g/mol. The molecule has 11 heteroatoms. The van der Waals surface area contributed by atoms with Crippen LogP contribution >= 0.6 is 11.8 Å². The van der Waals surface area contributed by atoms with E-state index in [-0.39, 0.29) is 17.4 Å². The lowest BCUT2D eigenvalue weighted by atomic mass is 10.2. The lowest BCUT2D eigenvalue weighted by Gasteiger charge is -2.12. The highest BCUT2D eigenvalue weighted by Gasteiger charge is 2.19. The second-order valence-electron chi connectivity index (χ2n) is 6.27. The number of nitro groups is 1. The number of ether oxygens (including phenoxy) is 1. The van der Waals surface area contributed by atoms with E-state index in [2.05, 4.69) is 20.8 Å². The molecule has 1 aromatic heterocycles. The van der Waals surface area contributed by atoms with Crippen molar-refractivity contribution in [1.82, 2.24) is 20.2 Å². The lowest BCUT2D eigenvalue weighted by Crippen LogP contribution is -2.13. The summed E-state index contributed by atoms with van der Waals surface area (Å²) < 4.78 is 7.02. The molecule has 0 aliphatic carbocycles. The predicted octanol–water partition coefficient (Wildman–Crippen LogP) is 3.31. The minimum absolute atomic E-state index is 0.0370. The number of nitrogens with one attached hydrogen (secondary N) is 1. The van der Waals surface area contributed by atoms with E-state index in [9.17, 15) is 14.9 Å². The number of non-ortho nitro benzene ring substituents is 1. The van der Waals surface area contributed by atoms with E-state index >= 15 is 0 Å². The van der Waals surface area contributed by atoms with E-state index in [4.69, 9.17) is 4.74 Å². The molecular formula is C18H18N6O4S. The van der Waals surface area contributed by atoms with Gasteiger partial charge in [0.15, 0.2) is 0 Å². The average molecular weight is 414 g/mol. The van der Waals surface area contributed by atoms with Crippen molar-refractivity contribution in [3.05, 3.63) is 58.1 Å². The highest BCUT2D eigenvalue weighted by molar-refractivity contribution is 7.99. The van der Waals surface area contributed by atoms with E-state index in [1.54, 1.807) is 31.3 Å². The maximum atomic E-state index is 12.8. The van der Waals surface area contributed by atoms with E-state index < -0.39 is 10.8 Å². The van der Waals surface area contributed by atoms with Gasteiger partial charge in [-0.15, -0.1) is 5.10 Å². The molecule has 0 aliphatic rings. The Bertz CT molecular complexity index is 1040. The third-order valence-corrected chi connectivity index (χ3v) is 4.79. The van der Waals surface area contributed by atoms with Crippen molar-refractivity contribution in [2.45, 2.75) is 30.0 Å². The normalized spacial score (nSPS) is 10.8. The molecule has 0 aliphatic heterocycles. The predicted molar refractivity (Wildman–Crippen MR) is 106 cm³/mol. The molecule has 0 bridgehead atoms. The number of benzene rings is 2. The zero-order valence-electron chi connectivity index (χ0n) is 15.9. The number of amides is 1. The Kier molecular flexibility index (Phi) is 6.07. The zero-order chi connectivity index (χ0) is 21.0. The number of aryl methyl sites for hydroxylation is 1. The van der Waals surface area contributed by atoms with Crippen LogP contribution in [0.5, 0.6) is 5.75 Å². The van der Waals surface area contributed by atoms with Gasteiger partial charge in [0.05, 0.1) is 16.6 Å². The minimum atomic E-state index is -0.548. The molecule has 1 N–H and O–H groups in total. The van der Waals surface area contributed by atoms with Crippen molar-refractivity contribution in [3.63, 3.8) is 0 Å². The third kappa shape index (κ3) is 5.08. The van der Waals surface area contributed by atoms with Crippen LogP contribution in [-0.2, 0) is 7.05 Å². The summed E-state index contributed by atoms with van der Waals surface area (Å²) in [4.78, 5) is 24.0. The summed E-state index contributed by atoms with van der Waals surface area (Å²) in [6, 6.07) is 11.0. The molecule has 1 heterocycles. The van der Waals surface area contributed by atoms with Gasteiger partial charge < -0.3 is 10.1 Å². The van der Waals surface area contributed by atoms with Crippen molar-refractivity contribution < 1.29 is 14.5 Å². The van der Waals surface area contributed by atoms with E-state index in [0.717, 1.165) is 11.8 Å². The monoisotopic (exact) mass is 414 g/mol. The van der Waals surface area contributed by atoms with Gasteiger partial charge in [-0.25, -0.2) is 4.68 Å². The number of rotatable bonds is 7. The Labute approximate surface area is 170 Å². The number of nitro benzene ring substituents is 1. The number of carbonyl (C=O) groups excluding carboxylic acids is 1. The lowest BCUT2D eigenvalue weighted by molar-refractivity contribution is -0.384. The largest absolute Gasteiger partial charge is 0.491 e. The van der Waals surface area contributed by atoms with Crippen LogP contribution in [0.25, 0.3) is 0 Å². The zero-order valence-corrected chi connectivity index (χ0v) is 16.7. The first-order valence-electron chi connectivity index (χ1n) is 8.60. The first-order valence-corrected chi connectivity index (χ1v) is 9.42. The Morgan fingerprint density at radius 1 is 1.24 bits per heavy atom. The highest BCUT2D eigenvalue weighted by atomic mass is 32.2. The smallest absolute Gasteiger partial charge is 0.270 e. The molecule has 3 rings (SSSR count). The number of anilines is 1. The highest BCUT2D eigenvalue weighted by Crippen LogP contribution is 2.31. The Balaban J connectivity index is 1.86. The van der Waals surface area contributed by atoms with Crippen molar-refractivity contribution in [1.29, 1.82) is 0 Å². The van der Waals surface area contributed by atoms with Gasteiger partial charge in [-0.2, -0.15) is 0 Å². The van der Waals surface area contributed by atoms with Gasteiger partial charge >= 0.3 is 0 Å². The number of carbonyl (C=O) groups is 1. The molecule has 0 atom stereocenters. The summed E-state index contributed by atoms with van der Waals surface area (Å²) in [6.07, 6.45) is 0.0370. The summed E-state index contributed by atoms with van der Waals surface area (Å²) in [5.41, 5.74) is 0.500. The first kappa shape index (κ1) is 20.3. The molecule has 1 amide bonds. The topological polar surface area (TPSA) is 125 Å². The maximum absolute atomic E-state index is 12.8. The van der Waals surface area contributed by atoms with Crippen molar-refractivity contribution >= 4 is 29.0 Å². The summed E-state index contributed by atoms with van der Waals surface area (Å²) in [5, 5.41) is 25.5. The second kappa shape index (κ2) is 8.69. The maximum Gasteiger partial charge on any atom is 0.270 e. The van der Waals surface area contributed by atoms with Gasteiger partial charge in [0.2, 0.25) is 5.16 Å². The van der Waals surface area contributed by atoms with Crippen molar-refractivity contribution in [3.8, 4) is 5.75 Å². The van der Waals surface area contributed by atoms with E-state index in [1.165, 1.54) is 22.9 Å². The molecule has 0 saturated carbocycles. The third-order valence-electron chi connectivity index (χ3n) is 3.69. The molecule has 0 fully saturated rings. The number of hydrogen-bond acceptors (Lipinski definition) is 8. The number of tetrazole rings is 1. The van der Waals surface area contributed by atoms with Crippen molar-refractivity contribution in [2.75, 3.05) is 5.32 Å². The first-order chi connectivity index (χ1) is 13.8. The summed E-state index contributed by atoms with van der Waals surface area (Å²) in [7, 11) is 1.66. The van der Waals surface area contributed by atoms with Crippen LogP contribution in [-0.4, -0.2) is 37.1 Å². The Morgan fingerprint density at radius 2 is 1.97 bits per heavy atom. The average Bonchev–Trinajstić information content (AvgIpc) is 3.07. The van der Waals surface area contributed by atoms with Crippen LogP contribution in [0.15, 0.2) is 52.5 Å². The number of hydrogen-bond donors (Lipinski definition) is 1. The van der Waals surface area contributed by atoms with Gasteiger partial charge in [0, 0.05) is 29.8 Å². The Morgan fingerprint density at radius 3 is 2.55 bits per heavy atom. The van der Waals surface area contributed by atoms with E-state index in [1.807, 2.05) is 13.8 Å². The van der Waals surface area contributed by atoms with Crippen LogP contribution in [0.3, 0.4) is 0 Å². The standard InChI is InChI=1S/C18H18N6O4S/c1-11(2)28-14-7-4-12(5-8-14)19-17(25)15-10-13(24(26)27)6-9-16(15)29-18-20-21-22-23(18)3/h4-11H,1-3H3,(H,19,25). The van der Waals surface area contributed by atoms with Gasteiger partial charge in [-0.3, -0.25) is 14.9 Å². The molecule has 0 radical (unpaired) electrons. The molecule has 29 heavy (non-hydrogen) atoms. The molecule has 0 spiro atoms. The number of aromatic nitrogens is 4. The molecule has 0 unspecified atom stereocenters. The van der Waals surface area contributed by atoms with Crippen molar-refractivity contribution in [2.24, 2.45) is 7.05 Å². The number of nitrogens with zero attached hydrogens (tertiary/aromatic N) is 5. The van der Waals surface area contributed by atoms with Crippen LogP contribution in [0.1, 0.15) is 24.2 Å². The summed E-state index contributed by atoms with van der Waals surface area (Å²) >= 11 is 1.14. The fraction of sp³-hybridized carbons (Fsp3) is 0.222. The molecule has 0 saturated heterocycles. The Hall–Kier alpha value is -3.47. The van der Waals surface area contributed by atoms with Gasteiger partial charge in [-0.1, -0.05) is 0 Å². The minimum Gasteiger partial charge on any atom is -0.491 e. The quantitative estimate of drug-likeness (QED) is 0.461. The van der Waals surface area contributed by atoms with Crippen LogP contribution in [0.2, 0.25) is 0 Å². The molecule has 3 aromatic rings. The fourth-order valence-electron chi connectivity index (χ4n) is 2.39. The molecule has 10 nitrogen and oxygen atoms in total. The van der Waals surface area contributed by atoms with Crippen LogP contribution < -0.4 is 10.1 Å². The SMILES string of the molecule is CC(C)Oc1ccc(NC(=O)c2cc([N+](=O)[O-])ccc2Sc2nnnn2C)cc1. The van der Waals surface area contributed by atoms with Crippen LogP contribution in [0.4, 0.5) is 11.4 Å². The fourth-order valence-corrected chi connectivity index (χ4v) is 3.23.